The first-order valence-electron chi connectivity index (χ1n) is 5.31. The van der Waals surface area contributed by atoms with Gasteiger partial charge in [-0.05, 0) is 12.8 Å². The molecule has 0 aromatic rings. The van der Waals surface area contributed by atoms with Gasteiger partial charge in [-0.15, -0.1) is 0 Å². The van der Waals surface area contributed by atoms with Gasteiger partial charge in [0.2, 0.25) is 0 Å². The van der Waals surface area contributed by atoms with E-state index in [9.17, 15) is 4.79 Å². The number of hydrogen-bond acceptors (Lipinski definition) is 3. The Morgan fingerprint density at radius 2 is 1.93 bits per heavy atom. The Labute approximate surface area is 85.4 Å². The molecule has 14 heavy (non-hydrogen) atoms. The summed E-state index contributed by atoms with van der Waals surface area (Å²) in [6, 6.07) is 0. The molecule has 82 valence electrons. The fourth-order valence-corrected chi connectivity index (χ4v) is 1.79. The largest absolute Gasteiger partial charge is 0.370 e. The summed E-state index contributed by atoms with van der Waals surface area (Å²) in [5, 5.41) is 0. The highest BCUT2D eigenvalue weighted by atomic mass is 16.5. The molecule has 4 heteroatoms. The zero-order valence-corrected chi connectivity index (χ0v) is 8.87. The summed E-state index contributed by atoms with van der Waals surface area (Å²) >= 11 is 0. The number of rotatable bonds is 3. The van der Waals surface area contributed by atoms with Gasteiger partial charge in [-0.2, -0.15) is 0 Å². The standard InChI is InChI=1S/C10H20N2O2/c1-14-9(8-11)10(13)12-6-4-2-3-5-7-12/h9H,2-8,11H2,1H3. The average Bonchev–Trinajstić information content (AvgIpc) is 2.47. The molecule has 0 spiro atoms. The number of amides is 1. The molecular formula is C10H20N2O2. The predicted molar refractivity (Wildman–Crippen MR) is 54.9 cm³/mol. The van der Waals surface area contributed by atoms with Crippen LogP contribution in [0.25, 0.3) is 0 Å². The monoisotopic (exact) mass is 200 g/mol. The summed E-state index contributed by atoms with van der Waals surface area (Å²) in [6.45, 7) is 1.99. The Bertz CT molecular complexity index is 173. The summed E-state index contributed by atoms with van der Waals surface area (Å²) in [5.74, 6) is 0.0527. The van der Waals surface area contributed by atoms with Gasteiger partial charge in [0.15, 0.2) is 0 Å². The molecule has 0 saturated carbocycles. The zero-order chi connectivity index (χ0) is 10.4. The van der Waals surface area contributed by atoms with Crippen molar-refractivity contribution in [1.82, 2.24) is 4.90 Å². The second-order valence-electron chi connectivity index (χ2n) is 3.70. The van der Waals surface area contributed by atoms with Crippen LogP contribution in [0.15, 0.2) is 0 Å². The van der Waals surface area contributed by atoms with Gasteiger partial charge >= 0.3 is 0 Å². The van der Waals surface area contributed by atoms with Crippen molar-refractivity contribution < 1.29 is 9.53 Å². The Balaban J connectivity index is 2.48. The minimum absolute atomic E-state index is 0.0527. The van der Waals surface area contributed by atoms with Crippen LogP contribution in [0, 0.1) is 0 Å². The van der Waals surface area contributed by atoms with Crippen LogP contribution >= 0.6 is 0 Å². The number of nitrogens with two attached hydrogens (primary N) is 1. The molecule has 1 fully saturated rings. The number of carbonyl (C=O) groups excluding carboxylic acids is 1. The molecule has 0 aromatic carbocycles. The molecule has 1 unspecified atom stereocenters. The van der Waals surface area contributed by atoms with E-state index in [0.29, 0.717) is 0 Å². The molecule has 1 saturated heterocycles. The molecule has 0 bridgehead atoms. The van der Waals surface area contributed by atoms with Crippen LogP contribution in [0.4, 0.5) is 0 Å². The van der Waals surface area contributed by atoms with Crippen LogP contribution in [0.2, 0.25) is 0 Å². The molecule has 0 aromatic heterocycles. The maximum absolute atomic E-state index is 11.8. The van der Waals surface area contributed by atoms with Crippen LogP contribution in [0.5, 0.6) is 0 Å². The van der Waals surface area contributed by atoms with Crippen LogP contribution in [0.1, 0.15) is 25.7 Å². The minimum Gasteiger partial charge on any atom is -0.370 e. The fourth-order valence-electron chi connectivity index (χ4n) is 1.79. The van der Waals surface area contributed by atoms with E-state index in [2.05, 4.69) is 0 Å². The Morgan fingerprint density at radius 1 is 1.36 bits per heavy atom. The van der Waals surface area contributed by atoms with Crippen LogP contribution < -0.4 is 5.73 Å². The number of carbonyl (C=O) groups is 1. The van der Waals surface area contributed by atoms with Crippen molar-refractivity contribution >= 4 is 5.91 Å². The molecule has 4 nitrogen and oxygen atoms in total. The van der Waals surface area contributed by atoms with Crippen molar-refractivity contribution in [1.29, 1.82) is 0 Å². The van der Waals surface area contributed by atoms with E-state index in [0.717, 1.165) is 25.9 Å². The van der Waals surface area contributed by atoms with Gasteiger partial charge in [-0.1, -0.05) is 12.8 Å². The Hall–Kier alpha value is -0.610. The molecule has 1 aliphatic heterocycles. The SMILES string of the molecule is COC(CN)C(=O)N1CCCCCC1. The lowest BCUT2D eigenvalue weighted by atomic mass is 10.2. The lowest BCUT2D eigenvalue weighted by Crippen LogP contribution is -2.44. The van der Waals surface area contributed by atoms with E-state index in [1.165, 1.54) is 20.0 Å². The molecule has 0 aliphatic carbocycles. The first-order valence-corrected chi connectivity index (χ1v) is 5.31. The third kappa shape index (κ3) is 2.96. The van der Waals surface area contributed by atoms with Crippen molar-refractivity contribution in [2.75, 3.05) is 26.7 Å². The maximum atomic E-state index is 11.8. The molecule has 1 aliphatic rings. The van der Waals surface area contributed by atoms with Crippen molar-refractivity contribution in [2.45, 2.75) is 31.8 Å². The highest BCUT2D eigenvalue weighted by molar-refractivity contribution is 5.81. The van der Waals surface area contributed by atoms with Crippen LogP contribution in [-0.2, 0) is 9.53 Å². The number of nitrogens with zero attached hydrogens (tertiary/aromatic N) is 1. The van der Waals surface area contributed by atoms with Crippen molar-refractivity contribution in [3.63, 3.8) is 0 Å². The Kier molecular flexibility index (Phi) is 4.90. The molecule has 0 radical (unpaired) electrons. The lowest BCUT2D eigenvalue weighted by Gasteiger charge is -2.24. The topological polar surface area (TPSA) is 55.6 Å². The van der Waals surface area contributed by atoms with E-state index in [-0.39, 0.29) is 12.5 Å². The second kappa shape index (κ2) is 5.98. The maximum Gasteiger partial charge on any atom is 0.253 e. The van der Waals surface area contributed by atoms with Gasteiger partial charge in [0.1, 0.15) is 6.10 Å². The second-order valence-corrected chi connectivity index (χ2v) is 3.70. The molecule has 1 atom stereocenters. The smallest absolute Gasteiger partial charge is 0.253 e. The Morgan fingerprint density at radius 3 is 2.36 bits per heavy atom. The van der Waals surface area contributed by atoms with Gasteiger partial charge < -0.3 is 15.4 Å². The van der Waals surface area contributed by atoms with Gasteiger partial charge in [0.05, 0.1) is 0 Å². The summed E-state index contributed by atoms with van der Waals surface area (Å²) in [7, 11) is 1.53. The molecular weight excluding hydrogens is 180 g/mol. The molecule has 1 amide bonds. The molecule has 2 N–H and O–H groups in total. The van der Waals surface area contributed by atoms with Crippen LogP contribution in [0.3, 0.4) is 0 Å². The number of methoxy groups -OCH3 is 1. The van der Waals surface area contributed by atoms with Crippen molar-refractivity contribution in [3.8, 4) is 0 Å². The van der Waals surface area contributed by atoms with E-state index in [1.807, 2.05) is 4.90 Å². The van der Waals surface area contributed by atoms with Gasteiger partial charge in [-0.25, -0.2) is 0 Å². The van der Waals surface area contributed by atoms with E-state index >= 15 is 0 Å². The zero-order valence-electron chi connectivity index (χ0n) is 8.87. The fraction of sp³-hybridized carbons (Fsp3) is 0.900. The first-order chi connectivity index (χ1) is 6.79. The lowest BCUT2D eigenvalue weighted by molar-refractivity contribution is -0.141. The third-order valence-corrected chi connectivity index (χ3v) is 2.69. The average molecular weight is 200 g/mol. The highest BCUT2D eigenvalue weighted by Gasteiger charge is 2.23. The normalized spacial score (nSPS) is 20.3. The molecule has 1 heterocycles. The van der Waals surface area contributed by atoms with Crippen molar-refractivity contribution in [2.24, 2.45) is 5.73 Å². The van der Waals surface area contributed by atoms with Crippen molar-refractivity contribution in [3.05, 3.63) is 0 Å². The van der Waals surface area contributed by atoms with Gasteiger partial charge in [-0.3, -0.25) is 4.79 Å². The highest BCUT2D eigenvalue weighted by Crippen LogP contribution is 2.11. The summed E-state index contributed by atoms with van der Waals surface area (Å²) < 4.78 is 5.04. The summed E-state index contributed by atoms with van der Waals surface area (Å²) in [5.41, 5.74) is 5.46. The third-order valence-electron chi connectivity index (χ3n) is 2.69. The van der Waals surface area contributed by atoms with Gasteiger partial charge in [0, 0.05) is 26.7 Å². The molecule has 1 rings (SSSR count). The van der Waals surface area contributed by atoms with E-state index in [4.69, 9.17) is 10.5 Å². The quantitative estimate of drug-likeness (QED) is 0.715. The number of hydrogen-bond donors (Lipinski definition) is 1. The van der Waals surface area contributed by atoms with Crippen LogP contribution in [-0.4, -0.2) is 43.7 Å². The first kappa shape index (κ1) is 11.5. The summed E-state index contributed by atoms with van der Waals surface area (Å²) in [4.78, 5) is 13.7. The van der Waals surface area contributed by atoms with E-state index in [1.54, 1.807) is 0 Å². The number of likely N-dealkylation sites (tertiary alicyclic amines) is 1. The minimum atomic E-state index is -0.451. The number of ether oxygens (including phenoxy) is 1. The van der Waals surface area contributed by atoms with E-state index < -0.39 is 6.10 Å². The summed E-state index contributed by atoms with van der Waals surface area (Å²) in [6.07, 6.45) is 4.21. The predicted octanol–water partition coefficient (Wildman–Crippen LogP) is 0.363. The van der Waals surface area contributed by atoms with Gasteiger partial charge in [0.25, 0.3) is 5.91 Å².